The third-order valence-corrected chi connectivity index (χ3v) is 5.33. The summed E-state index contributed by atoms with van der Waals surface area (Å²) >= 11 is 1.36. The first-order valence-corrected chi connectivity index (χ1v) is 9.05. The van der Waals surface area contributed by atoms with Crippen LogP contribution in [-0.2, 0) is 11.8 Å². The molecule has 1 amide bonds. The van der Waals surface area contributed by atoms with Gasteiger partial charge in [-0.2, -0.15) is 4.99 Å². The monoisotopic (exact) mass is 384 g/mol. The number of thiazole rings is 1. The second kappa shape index (κ2) is 6.88. The standard InChI is InChI=1S/C19H16N2O5S/c1-21-13-9-14-15(26-8-7-25-14)10-16(13)27-19(21)20-17(22)11-5-3-4-6-12(11)18(23)24-2/h3-6,9-10H,7-8H2,1-2H3. The second-order valence-electron chi connectivity index (χ2n) is 5.86. The van der Waals surface area contributed by atoms with Crippen LogP contribution in [0.15, 0.2) is 41.4 Å². The summed E-state index contributed by atoms with van der Waals surface area (Å²) in [6.07, 6.45) is 0. The number of aromatic nitrogens is 1. The average Bonchev–Trinajstić information content (AvgIpc) is 3.00. The van der Waals surface area contributed by atoms with Crippen LogP contribution in [0, 0.1) is 0 Å². The molecule has 7 nitrogen and oxygen atoms in total. The molecule has 2 heterocycles. The average molecular weight is 384 g/mol. The predicted molar refractivity (Wildman–Crippen MR) is 99.5 cm³/mol. The molecule has 1 aliphatic rings. The number of benzene rings is 2. The molecule has 4 rings (SSSR count). The number of rotatable bonds is 2. The topological polar surface area (TPSA) is 79.1 Å². The Kier molecular flexibility index (Phi) is 4.41. The minimum Gasteiger partial charge on any atom is -0.486 e. The summed E-state index contributed by atoms with van der Waals surface area (Å²) in [4.78, 5) is 29.3. The summed E-state index contributed by atoms with van der Waals surface area (Å²) in [5.41, 5.74) is 1.28. The van der Waals surface area contributed by atoms with Gasteiger partial charge in [-0.25, -0.2) is 4.79 Å². The maximum absolute atomic E-state index is 12.7. The van der Waals surface area contributed by atoms with Crippen LogP contribution in [0.3, 0.4) is 0 Å². The summed E-state index contributed by atoms with van der Waals surface area (Å²) in [6, 6.07) is 10.2. The van der Waals surface area contributed by atoms with Crippen molar-refractivity contribution < 1.29 is 23.8 Å². The summed E-state index contributed by atoms with van der Waals surface area (Å²) < 4.78 is 18.7. The number of nitrogens with zero attached hydrogens (tertiary/aromatic N) is 2. The lowest BCUT2D eigenvalue weighted by Crippen LogP contribution is -2.16. The molecule has 0 radical (unpaired) electrons. The van der Waals surface area contributed by atoms with Gasteiger partial charge in [-0.1, -0.05) is 23.5 Å². The zero-order valence-electron chi connectivity index (χ0n) is 14.7. The van der Waals surface area contributed by atoms with Gasteiger partial charge in [-0.05, 0) is 12.1 Å². The number of esters is 1. The number of hydrogen-bond acceptors (Lipinski definition) is 6. The first kappa shape index (κ1) is 17.3. The number of methoxy groups -OCH3 is 1. The van der Waals surface area contributed by atoms with Crippen molar-refractivity contribution in [3.8, 4) is 11.5 Å². The van der Waals surface area contributed by atoms with E-state index >= 15 is 0 Å². The third kappa shape index (κ3) is 3.08. The molecule has 3 aromatic rings. The van der Waals surface area contributed by atoms with Gasteiger partial charge in [0.1, 0.15) is 13.2 Å². The highest BCUT2D eigenvalue weighted by molar-refractivity contribution is 7.16. The highest BCUT2D eigenvalue weighted by atomic mass is 32.1. The Labute approximate surface area is 158 Å². The fourth-order valence-corrected chi connectivity index (χ4v) is 3.90. The van der Waals surface area contributed by atoms with Crippen molar-refractivity contribution in [1.82, 2.24) is 4.57 Å². The van der Waals surface area contributed by atoms with Crippen LogP contribution in [0.5, 0.6) is 11.5 Å². The van der Waals surface area contributed by atoms with Crippen molar-refractivity contribution in [2.45, 2.75) is 0 Å². The lowest BCUT2D eigenvalue weighted by molar-refractivity contribution is 0.0597. The number of hydrogen-bond donors (Lipinski definition) is 0. The maximum atomic E-state index is 12.7. The highest BCUT2D eigenvalue weighted by Gasteiger charge is 2.18. The van der Waals surface area contributed by atoms with Crippen molar-refractivity contribution >= 4 is 33.4 Å². The molecule has 0 saturated heterocycles. The van der Waals surface area contributed by atoms with E-state index in [1.165, 1.54) is 18.4 Å². The number of fused-ring (bicyclic) bond motifs is 2. The number of aryl methyl sites for hydroxylation is 1. The van der Waals surface area contributed by atoms with Crippen LogP contribution >= 0.6 is 11.3 Å². The first-order valence-electron chi connectivity index (χ1n) is 8.24. The van der Waals surface area contributed by atoms with Crippen LogP contribution in [0.4, 0.5) is 0 Å². The third-order valence-electron chi connectivity index (χ3n) is 4.23. The minimum atomic E-state index is -0.572. The van der Waals surface area contributed by atoms with E-state index in [9.17, 15) is 9.59 Å². The minimum absolute atomic E-state index is 0.190. The van der Waals surface area contributed by atoms with E-state index in [-0.39, 0.29) is 11.1 Å². The van der Waals surface area contributed by atoms with Gasteiger partial charge in [0.25, 0.3) is 5.91 Å². The highest BCUT2D eigenvalue weighted by Crippen LogP contribution is 2.35. The van der Waals surface area contributed by atoms with Crippen molar-refractivity contribution in [3.05, 3.63) is 52.3 Å². The molecule has 0 aliphatic carbocycles. The van der Waals surface area contributed by atoms with E-state index in [1.54, 1.807) is 24.3 Å². The molecule has 138 valence electrons. The molecular weight excluding hydrogens is 368 g/mol. The predicted octanol–water partition coefficient (Wildman–Crippen LogP) is 2.54. The quantitative estimate of drug-likeness (QED) is 0.635. The maximum Gasteiger partial charge on any atom is 0.338 e. The van der Waals surface area contributed by atoms with Gasteiger partial charge in [0.05, 0.1) is 28.5 Å². The Hall–Kier alpha value is -3.13. The van der Waals surface area contributed by atoms with Crippen molar-refractivity contribution in [3.63, 3.8) is 0 Å². The van der Waals surface area contributed by atoms with Gasteiger partial charge in [-0.3, -0.25) is 4.79 Å². The normalized spacial score (nSPS) is 13.6. The molecule has 0 unspecified atom stereocenters. The second-order valence-corrected chi connectivity index (χ2v) is 6.87. The summed E-state index contributed by atoms with van der Waals surface area (Å²) in [5.74, 6) is 0.285. The Bertz CT molecular complexity index is 1130. The molecule has 1 aromatic heterocycles. The van der Waals surface area contributed by atoms with E-state index in [4.69, 9.17) is 14.2 Å². The molecule has 27 heavy (non-hydrogen) atoms. The van der Waals surface area contributed by atoms with E-state index in [1.807, 2.05) is 23.7 Å². The van der Waals surface area contributed by atoms with E-state index in [2.05, 4.69) is 4.99 Å². The Balaban J connectivity index is 1.81. The largest absolute Gasteiger partial charge is 0.486 e. The molecule has 0 saturated carbocycles. The lowest BCUT2D eigenvalue weighted by atomic mass is 10.1. The molecule has 2 aromatic carbocycles. The van der Waals surface area contributed by atoms with Crippen molar-refractivity contribution in [2.75, 3.05) is 20.3 Å². The SMILES string of the molecule is COC(=O)c1ccccc1C(=O)N=c1sc2cc3c(cc2n1C)OCCO3. The Morgan fingerprint density at radius 1 is 1.11 bits per heavy atom. The first-order chi connectivity index (χ1) is 13.1. The number of carbonyl (C=O) groups is 2. The molecular formula is C19H16N2O5S. The summed E-state index contributed by atoms with van der Waals surface area (Å²) in [5, 5.41) is 0. The number of ether oxygens (including phenoxy) is 3. The molecule has 0 bridgehead atoms. The zero-order valence-corrected chi connectivity index (χ0v) is 15.5. The van der Waals surface area contributed by atoms with Gasteiger partial charge in [0.2, 0.25) is 0 Å². The van der Waals surface area contributed by atoms with Crippen LogP contribution in [0.25, 0.3) is 10.2 Å². The number of carbonyl (C=O) groups excluding carboxylic acids is 2. The van der Waals surface area contributed by atoms with Gasteiger partial charge in [0.15, 0.2) is 16.3 Å². The zero-order chi connectivity index (χ0) is 19.0. The fraction of sp³-hybridized carbons (Fsp3) is 0.211. The molecule has 1 aliphatic heterocycles. The fourth-order valence-electron chi connectivity index (χ4n) is 2.88. The molecule has 0 atom stereocenters. The summed E-state index contributed by atoms with van der Waals surface area (Å²) in [6.45, 7) is 1.02. The Morgan fingerprint density at radius 2 is 1.78 bits per heavy atom. The van der Waals surface area contributed by atoms with Crippen LogP contribution in [-0.4, -0.2) is 36.8 Å². The van der Waals surface area contributed by atoms with Crippen LogP contribution in [0.2, 0.25) is 0 Å². The molecule has 0 fully saturated rings. The van der Waals surface area contributed by atoms with Gasteiger partial charge in [0, 0.05) is 19.2 Å². The van der Waals surface area contributed by atoms with Crippen molar-refractivity contribution in [2.24, 2.45) is 12.0 Å². The molecule has 8 heteroatoms. The van der Waals surface area contributed by atoms with Gasteiger partial charge in [-0.15, -0.1) is 0 Å². The van der Waals surface area contributed by atoms with Gasteiger partial charge < -0.3 is 18.8 Å². The summed E-state index contributed by atoms with van der Waals surface area (Å²) in [7, 11) is 3.10. The smallest absolute Gasteiger partial charge is 0.338 e. The number of amides is 1. The molecule has 0 spiro atoms. The Morgan fingerprint density at radius 3 is 2.48 bits per heavy atom. The van der Waals surface area contributed by atoms with Crippen LogP contribution in [0.1, 0.15) is 20.7 Å². The van der Waals surface area contributed by atoms with E-state index < -0.39 is 11.9 Å². The van der Waals surface area contributed by atoms with Crippen molar-refractivity contribution in [1.29, 1.82) is 0 Å². The molecule has 0 N–H and O–H groups in total. The van der Waals surface area contributed by atoms with Gasteiger partial charge >= 0.3 is 5.97 Å². The lowest BCUT2D eigenvalue weighted by Gasteiger charge is -2.18. The van der Waals surface area contributed by atoms with E-state index in [0.29, 0.717) is 29.5 Å². The van der Waals surface area contributed by atoms with E-state index in [0.717, 1.165) is 10.2 Å². The van der Waals surface area contributed by atoms with Crippen LogP contribution < -0.4 is 14.3 Å².